The van der Waals surface area contributed by atoms with Gasteiger partial charge in [-0.2, -0.15) is 4.31 Å². The molecule has 2 heterocycles. The zero-order valence-electron chi connectivity index (χ0n) is 18.4. The third-order valence-electron chi connectivity index (χ3n) is 6.34. The number of hydrogen-bond donors (Lipinski definition) is 0. The lowest BCUT2D eigenvalue weighted by Gasteiger charge is -2.37. The van der Waals surface area contributed by atoms with Crippen LogP contribution in [0.25, 0.3) is 0 Å². The van der Waals surface area contributed by atoms with Gasteiger partial charge in [0.25, 0.3) is 5.91 Å². The molecule has 2 atom stereocenters. The highest BCUT2D eigenvalue weighted by Gasteiger charge is 2.36. The maximum Gasteiger partial charge on any atom is 0.309 e. The third kappa shape index (κ3) is 5.28. The Morgan fingerprint density at radius 1 is 1.09 bits per heavy atom. The molecule has 2 aliphatic heterocycles. The zero-order chi connectivity index (χ0) is 23.5. The van der Waals surface area contributed by atoms with Crippen LogP contribution in [0.4, 0.5) is 8.78 Å². The summed E-state index contributed by atoms with van der Waals surface area (Å²) in [7, 11) is -4.00. The smallest absolute Gasteiger partial charge is 0.309 e. The SMILES string of the molecule is CCC1CCCCN1C(=O)C(C)OC(=O)C1CCN(S(=O)(=O)c2ccc(F)c(F)c2)CC1. The molecule has 0 bridgehead atoms. The summed E-state index contributed by atoms with van der Waals surface area (Å²) in [5.74, 6) is -3.58. The van der Waals surface area contributed by atoms with Crippen molar-refractivity contribution < 1.29 is 31.5 Å². The monoisotopic (exact) mass is 472 g/mol. The molecule has 0 aromatic heterocycles. The first-order valence-electron chi connectivity index (χ1n) is 11.1. The van der Waals surface area contributed by atoms with Gasteiger partial charge in [0.15, 0.2) is 17.7 Å². The van der Waals surface area contributed by atoms with E-state index in [1.165, 1.54) is 0 Å². The molecule has 178 valence electrons. The standard InChI is InChI=1S/C22H30F2N2O5S/c1-3-17-6-4-5-11-26(17)21(27)15(2)31-22(28)16-9-12-25(13-10-16)32(29,30)18-7-8-19(23)20(24)14-18/h7-8,14-17H,3-6,9-13H2,1-2H3. The maximum atomic E-state index is 13.5. The van der Waals surface area contributed by atoms with Crippen LogP contribution in [0, 0.1) is 17.6 Å². The molecule has 2 fully saturated rings. The third-order valence-corrected chi connectivity index (χ3v) is 8.23. The van der Waals surface area contributed by atoms with E-state index in [0.717, 1.165) is 42.1 Å². The highest BCUT2D eigenvalue weighted by atomic mass is 32.2. The summed E-state index contributed by atoms with van der Waals surface area (Å²) in [5.41, 5.74) is 0. The number of benzene rings is 1. The number of likely N-dealkylation sites (tertiary alicyclic amines) is 1. The molecule has 10 heteroatoms. The molecular weight excluding hydrogens is 442 g/mol. The van der Waals surface area contributed by atoms with Crippen molar-refractivity contribution in [1.29, 1.82) is 0 Å². The molecular formula is C22H30F2N2O5S. The summed E-state index contributed by atoms with van der Waals surface area (Å²) < 4.78 is 58.6. The van der Waals surface area contributed by atoms with Gasteiger partial charge in [0.2, 0.25) is 10.0 Å². The number of carbonyl (C=O) groups excluding carboxylic acids is 2. The van der Waals surface area contributed by atoms with Gasteiger partial charge in [-0.15, -0.1) is 0 Å². The second-order valence-corrected chi connectivity index (χ2v) is 10.4. The lowest BCUT2D eigenvalue weighted by Crippen LogP contribution is -2.49. The molecule has 0 radical (unpaired) electrons. The molecule has 3 rings (SSSR count). The van der Waals surface area contributed by atoms with E-state index in [9.17, 15) is 26.8 Å². The van der Waals surface area contributed by atoms with E-state index in [4.69, 9.17) is 4.74 Å². The predicted molar refractivity (Wildman–Crippen MR) is 113 cm³/mol. The summed E-state index contributed by atoms with van der Waals surface area (Å²) in [5, 5.41) is 0. The fourth-order valence-corrected chi connectivity index (χ4v) is 5.87. The van der Waals surface area contributed by atoms with Gasteiger partial charge in [-0.1, -0.05) is 6.92 Å². The van der Waals surface area contributed by atoms with Crippen LogP contribution in [-0.2, 0) is 24.3 Å². The molecule has 1 aromatic carbocycles. The Bertz CT molecular complexity index is 948. The quantitative estimate of drug-likeness (QED) is 0.594. The van der Waals surface area contributed by atoms with Gasteiger partial charge in [-0.05, 0) is 63.6 Å². The largest absolute Gasteiger partial charge is 0.452 e. The first-order valence-corrected chi connectivity index (χ1v) is 12.5. The first kappa shape index (κ1) is 24.6. The van der Waals surface area contributed by atoms with Gasteiger partial charge in [0.05, 0.1) is 10.8 Å². The second-order valence-electron chi connectivity index (χ2n) is 8.42. The maximum absolute atomic E-state index is 13.5. The summed E-state index contributed by atoms with van der Waals surface area (Å²) in [4.78, 5) is 26.9. The van der Waals surface area contributed by atoms with Gasteiger partial charge >= 0.3 is 5.97 Å². The Balaban J connectivity index is 1.55. The van der Waals surface area contributed by atoms with Crippen LogP contribution >= 0.6 is 0 Å². The van der Waals surface area contributed by atoms with E-state index in [1.54, 1.807) is 11.8 Å². The number of piperidine rings is 2. The van der Waals surface area contributed by atoms with Crippen molar-refractivity contribution in [3.63, 3.8) is 0 Å². The van der Waals surface area contributed by atoms with Crippen molar-refractivity contribution >= 4 is 21.9 Å². The zero-order valence-corrected chi connectivity index (χ0v) is 19.2. The minimum absolute atomic E-state index is 0.0491. The van der Waals surface area contributed by atoms with Crippen molar-refractivity contribution in [3.8, 4) is 0 Å². The topological polar surface area (TPSA) is 84.0 Å². The number of sulfonamides is 1. The molecule has 1 aromatic rings. The minimum atomic E-state index is -4.00. The second kappa shape index (κ2) is 10.2. The van der Waals surface area contributed by atoms with E-state index in [0.29, 0.717) is 12.6 Å². The van der Waals surface area contributed by atoms with Crippen molar-refractivity contribution in [2.75, 3.05) is 19.6 Å². The first-order chi connectivity index (χ1) is 15.1. The summed E-state index contributed by atoms with van der Waals surface area (Å²) in [6.07, 6.45) is 3.40. The molecule has 7 nitrogen and oxygen atoms in total. The van der Waals surface area contributed by atoms with Crippen molar-refractivity contribution in [3.05, 3.63) is 29.8 Å². The molecule has 1 amide bonds. The average molecular weight is 473 g/mol. The Kier molecular flexibility index (Phi) is 7.87. The van der Waals surface area contributed by atoms with E-state index >= 15 is 0 Å². The number of nitrogens with zero attached hydrogens (tertiary/aromatic N) is 2. The van der Waals surface area contributed by atoms with Crippen molar-refractivity contribution in [2.45, 2.75) is 69.4 Å². The number of rotatable bonds is 6. The Morgan fingerprint density at radius 3 is 2.41 bits per heavy atom. The van der Waals surface area contributed by atoms with Gasteiger partial charge in [-0.3, -0.25) is 9.59 Å². The van der Waals surface area contributed by atoms with Crippen molar-refractivity contribution in [2.24, 2.45) is 5.92 Å². The lowest BCUT2D eigenvalue weighted by atomic mass is 9.98. The fraction of sp³-hybridized carbons (Fsp3) is 0.636. The van der Waals surface area contributed by atoms with Crippen LogP contribution in [0.3, 0.4) is 0 Å². The Labute approximate surface area is 187 Å². The highest BCUT2D eigenvalue weighted by Crippen LogP contribution is 2.26. The number of halogens is 2. The lowest BCUT2D eigenvalue weighted by molar-refractivity contribution is -0.165. The molecule has 0 spiro atoms. The number of hydrogen-bond acceptors (Lipinski definition) is 5. The van der Waals surface area contributed by atoms with Crippen molar-refractivity contribution in [1.82, 2.24) is 9.21 Å². The highest BCUT2D eigenvalue weighted by molar-refractivity contribution is 7.89. The summed E-state index contributed by atoms with van der Waals surface area (Å²) in [6, 6.07) is 2.62. The van der Waals surface area contributed by atoms with Gasteiger partial charge < -0.3 is 9.64 Å². The van der Waals surface area contributed by atoms with Gasteiger partial charge in [0, 0.05) is 25.7 Å². The van der Waals surface area contributed by atoms with Crippen LogP contribution in [-0.4, -0.2) is 61.3 Å². The molecule has 2 unspecified atom stereocenters. The van der Waals surface area contributed by atoms with Gasteiger partial charge in [-0.25, -0.2) is 17.2 Å². The normalized spacial score (nSPS) is 21.9. The minimum Gasteiger partial charge on any atom is -0.452 e. The fourth-order valence-electron chi connectivity index (χ4n) is 4.39. The Hall–Kier alpha value is -2.07. The van der Waals surface area contributed by atoms with Crippen LogP contribution in [0.1, 0.15) is 52.4 Å². The van der Waals surface area contributed by atoms with Crippen LogP contribution < -0.4 is 0 Å². The van der Waals surface area contributed by atoms with Crippen LogP contribution in [0.15, 0.2) is 23.1 Å². The van der Waals surface area contributed by atoms with E-state index < -0.39 is 39.6 Å². The van der Waals surface area contributed by atoms with Crippen LogP contribution in [0.5, 0.6) is 0 Å². The average Bonchev–Trinajstić information content (AvgIpc) is 2.80. The summed E-state index contributed by atoms with van der Waals surface area (Å²) in [6.45, 7) is 4.37. The van der Waals surface area contributed by atoms with E-state index in [2.05, 4.69) is 0 Å². The van der Waals surface area contributed by atoms with Gasteiger partial charge in [0.1, 0.15) is 0 Å². The number of ether oxygens (including phenoxy) is 1. The molecule has 2 aliphatic rings. The molecule has 0 saturated carbocycles. The predicted octanol–water partition coefficient (Wildman–Crippen LogP) is 3.09. The number of amides is 1. The van der Waals surface area contributed by atoms with E-state index in [-0.39, 0.29) is 42.8 Å². The Morgan fingerprint density at radius 2 is 1.78 bits per heavy atom. The summed E-state index contributed by atoms with van der Waals surface area (Å²) >= 11 is 0. The van der Waals surface area contributed by atoms with E-state index in [1.807, 2.05) is 6.92 Å². The van der Waals surface area contributed by atoms with Crippen LogP contribution in [0.2, 0.25) is 0 Å². The molecule has 0 aliphatic carbocycles. The number of carbonyl (C=O) groups is 2. The molecule has 0 N–H and O–H groups in total. The molecule has 32 heavy (non-hydrogen) atoms. The molecule has 2 saturated heterocycles. The number of esters is 1.